The Kier molecular flexibility index (Phi) is 6.21. The fraction of sp³-hybridized carbons (Fsp3) is 0.421. The molecule has 0 aliphatic carbocycles. The third-order valence-corrected chi connectivity index (χ3v) is 6.54. The van der Waals surface area contributed by atoms with Crippen molar-refractivity contribution in [2.45, 2.75) is 24.2 Å². The molecule has 0 saturated carbocycles. The molecule has 1 aromatic carbocycles. The Morgan fingerprint density at radius 2 is 2.00 bits per heavy atom. The third-order valence-electron chi connectivity index (χ3n) is 4.42. The number of piperidine rings is 1. The largest absolute Gasteiger partial charge is 0.497 e. The highest BCUT2D eigenvalue weighted by Crippen LogP contribution is 2.28. The highest BCUT2D eigenvalue weighted by atomic mass is 32.2. The van der Waals surface area contributed by atoms with E-state index in [2.05, 4.69) is 12.1 Å². The van der Waals surface area contributed by atoms with Crippen molar-refractivity contribution in [2.24, 2.45) is 5.92 Å². The third kappa shape index (κ3) is 4.77. The fourth-order valence-corrected chi connectivity index (χ4v) is 4.69. The lowest BCUT2D eigenvalue weighted by Gasteiger charge is -2.32. The molecule has 0 bridgehead atoms. The van der Waals surface area contributed by atoms with Gasteiger partial charge in [0.05, 0.1) is 13.5 Å². The van der Waals surface area contributed by atoms with Crippen LogP contribution >= 0.6 is 23.1 Å². The van der Waals surface area contributed by atoms with Crippen molar-refractivity contribution >= 4 is 29.0 Å². The van der Waals surface area contributed by atoms with Gasteiger partial charge in [0.1, 0.15) is 5.75 Å². The highest BCUT2D eigenvalue weighted by Gasteiger charge is 2.23. The van der Waals surface area contributed by atoms with Crippen molar-refractivity contribution in [3.63, 3.8) is 0 Å². The maximum Gasteiger partial charge on any atom is 0.227 e. The summed E-state index contributed by atoms with van der Waals surface area (Å²) in [4.78, 5) is 16.8. The van der Waals surface area contributed by atoms with Gasteiger partial charge in [-0.25, -0.2) is 0 Å². The maximum absolute atomic E-state index is 12.3. The van der Waals surface area contributed by atoms with Crippen LogP contribution in [-0.4, -0.2) is 36.8 Å². The van der Waals surface area contributed by atoms with E-state index in [0.717, 1.165) is 42.3 Å². The number of ether oxygens (including phenoxy) is 1. The standard InChI is InChI=1S/C19H23NO2S2/c1-22-16-4-6-17(7-5-16)24-14-15-8-10-20(11-9-15)19(21)13-18-3-2-12-23-18/h2-7,12,15H,8-11,13-14H2,1H3. The summed E-state index contributed by atoms with van der Waals surface area (Å²) >= 11 is 3.57. The number of rotatable bonds is 6. The monoisotopic (exact) mass is 361 g/mol. The van der Waals surface area contributed by atoms with Gasteiger partial charge >= 0.3 is 0 Å². The molecule has 0 atom stereocenters. The number of hydrogen-bond donors (Lipinski definition) is 0. The van der Waals surface area contributed by atoms with E-state index >= 15 is 0 Å². The first-order valence-corrected chi connectivity index (χ1v) is 10.2. The maximum atomic E-state index is 12.3. The lowest BCUT2D eigenvalue weighted by Crippen LogP contribution is -2.39. The second-order valence-electron chi connectivity index (χ2n) is 6.07. The summed E-state index contributed by atoms with van der Waals surface area (Å²) in [6, 6.07) is 12.3. The van der Waals surface area contributed by atoms with E-state index in [1.807, 2.05) is 46.3 Å². The first kappa shape index (κ1) is 17.4. The van der Waals surface area contributed by atoms with Crippen molar-refractivity contribution in [3.8, 4) is 5.75 Å². The van der Waals surface area contributed by atoms with Gasteiger partial charge in [0.2, 0.25) is 5.91 Å². The molecular weight excluding hydrogens is 338 g/mol. The van der Waals surface area contributed by atoms with Crippen LogP contribution in [0.4, 0.5) is 0 Å². The Hall–Kier alpha value is -1.46. The summed E-state index contributed by atoms with van der Waals surface area (Å²) in [5.41, 5.74) is 0. The number of hydrogen-bond acceptors (Lipinski definition) is 4. The molecule has 1 fully saturated rings. The van der Waals surface area contributed by atoms with Crippen LogP contribution in [0.2, 0.25) is 0 Å². The molecule has 128 valence electrons. The molecule has 1 aliphatic heterocycles. The number of methoxy groups -OCH3 is 1. The minimum atomic E-state index is 0.277. The van der Waals surface area contributed by atoms with Gasteiger partial charge in [-0.1, -0.05) is 6.07 Å². The lowest BCUT2D eigenvalue weighted by molar-refractivity contribution is -0.131. The van der Waals surface area contributed by atoms with Crippen LogP contribution < -0.4 is 4.74 Å². The second-order valence-corrected chi connectivity index (χ2v) is 8.19. The molecule has 3 rings (SSSR count). The molecule has 1 aliphatic rings. The summed E-state index contributed by atoms with van der Waals surface area (Å²) < 4.78 is 5.19. The highest BCUT2D eigenvalue weighted by molar-refractivity contribution is 7.99. The van der Waals surface area contributed by atoms with E-state index in [-0.39, 0.29) is 5.91 Å². The van der Waals surface area contributed by atoms with E-state index in [9.17, 15) is 4.79 Å². The number of thioether (sulfide) groups is 1. The molecule has 24 heavy (non-hydrogen) atoms. The van der Waals surface area contributed by atoms with Gasteiger partial charge in [-0.3, -0.25) is 4.79 Å². The zero-order chi connectivity index (χ0) is 16.8. The molecule has 2 aromatic rings. The topological polar surface area (TPSA) is 29.5 Å². The van der Waals surface area contributed by atoms with E-state index in [0.29, 0.717) is 12.3 Å². The van der Waals surface area contributed by atoms with Crippen molar-refractivity contribution in [2.75, 3.05) is 26.0 Å². The first-order valence-electron chi connectivity index (χ1n) is 8.31. The van der Waals surface area contributed by atoms with Crippen LogP contribution in [0.3, 0.4) is 0 Å². The van der Waals surface area contributed by atoms with Gasteiger partial charge in [0.15, 0.2) is 0 Å². The average molecular weight is 362 g/mol. The second kappa shape index (κ2) is 8.58. The van der Waals surface area contributed by atoms with Gasteiger partial charge in [-0.2, -0.15) is 0 Å². The molecule has 0 unspecified atom stereocenters. The number of benzene rings is 1. The molecule has 2 heterocycles. The number of carbonyl (C=O) groups is 1. The fourth-order valence-electron chi connectivity index (χ4n) is 2.91. The lowest BCUT2D eigenvalue weighted by atomic mass is 9.99. The van der Waals surface area contributed by atoms with Gasteiger partial charge in [-0.15, -0.1) is 23.1 Å². The van der Waals surface area contributed by atoms with Gasteiger partial charge in [0.25, 0.3) is 0 Å². The molecule has 0 N–H and O–H groups in total. The molecular formula is C19H23NO2S2. The van der Waals surface area contributed by atoms with Gasteiger partial charge in [-0.05, 0) is 54.5 Å². The van der Waals surface area contributed by atoms with Crippen LogP contribution in [0.25, 0.3) is 0 Å². The summed E-state index contributed by atoms with van der Waals surface area (Å²) in [7, 11) is 1.69. The van der Waals surface area contributed by atoms with Crippen LogP contribution in [0.1, 0.15) is 17.7 Å². The van der Waals surface area contributed by atoms with E-state index in [1.54, 1.807) is 18.4 Å². The Morgan fingerprint density at radius 3 is 2.62 bits per heavy atom. The van der Waals surface area contributed by atoms with Crippen LogP contribution in [0, 0.1) is 5.92 Å². The molecule has 5 heteroatoms. The normalized spacial score (nSPS) is 15.5. The average Bonchev–Trinajstić information content (AvgIpc) is 3.14. The molecule has 0 radical (unpaired) electrons. The van der Waals surface area contributed by atoms with Crippen LogP contribution in [0.5, 0.6) is 5.75 Å². The van der Waals surface area contributed by atoms with Crippen molar-refractivity contribution in [3.05, 3.63) is 46.7 Å². The zero-order valence-corrected chi connectivity index (χ0v) is 15.6. The number of likely N-dealkylation sites (tertiary alicyclic amines) is 1. The predicted molar refractivity (Wildman–Crippen MR) is 101 cm³/mol. The number of amides is 1. The minimum absolute atomic E-state index is 0.277. The Balaban J connectivity index is 1.40. The Bertz CT molecular complexity index is 632. The van der Waals surface area contributed by atoms with Crippen molar-refractivity contribution in [1.29, 1.82) is 0 Å². The van der Waals surface area contributed by atoms with Gasteiger partial charge in [0, 0.05) is 28.6 Å². The number of thiophene rings is 1. The van der Waals surface area contributed by atoms with E-state index in [4.69, 9.17) is 4.74 Å². The smallest absolute Gasteiger partial charge is 0.227 e. The first-order chi connectivity index (χ1) is 11.7. The quantitative estimate of drug-likeness (QED) is 0.717. The predicted octanol–water partition coefficient (Wildman–Crippen LogP) is 4.33. The van der Waals surface area contributed by atoms with Crippen LogP contribution in [0.15, 0.2) is 46.7 Å². The Labute approximate surface area is 152 Å². The number of carbonyl (C=O) groups excluding carboxylic acids is 1. The van der Waals surface area contributed by atoms with Gasteiger partial charge < -0.3 is 9.64 Å². The Morgan fingerprint density at radius 1 is 1.25 bits per heavy atom. The summed E-state index contributed by atoms with van der Waals surface area (Å²) in [5.74, 6) is 3.00. The summed E-state index contributed by atoms with van der Waals surface area (Å²) in [5, 5.41) is 2.03. The molecule has 1 aromatic heterocycles. The zero-order valence-electron chi connectivity index (χ0n) is 13.9. The van der Waals surface area contributed by atoms with E-state index in [1.165, 1.54) is 4.90 Å². The molecule has 3 nitrogen and oxygen atoms in total. The van der Waals surface area contributed by atoms with Crippen LogP contribution in [-0.2, 0) is 11.2 Å². The van der Waals surface area contributed by atoms with Crippen molar-refractivity contribution < 1.29 is 9.53 Å². The summed E-state index contributed by atoms with van der Waals surface area (Å²) in [6.07, 6.45) is 2.78. The number of nitrogens with zero attached hydrogens (tertiary/aromatic N) is 1. The molecule has 0 spiro atoms. The summed E-state index contributed by atoms with van der Waals surface area (Å²) in [6.45, 7) is 1.80. The van der Waals surface area contributed by atoms with Crippen molar-refractivity contribution in [1.82, 2.24) is 4.90 Å². The minimum Gasteiger partial charge on any atom is -0.497 e. The molecule has 1 saturated heterocycles. The SMILES string of the molecule is COc1ccc(SCC2CCN(C(=O)Cc3cccs3)CC2)cc1. The molecule has 1 amide bonds. The van der Waals surface area contributed by atoms with E-state index < -0.39 is 0 Å².